The van der Waals surface area contributed by atoms with Gasteiger partial charge >= 0.3 is 0 Å². The van der Waals surface area contributed by atoms with Crippen LogP contribution in [0.25, 0.3) is 0 Å². The number of nitrogens with one attached hydrogen (secondary N) is 2. The molecule has 1 fully saturated rings. The van der Waals surface area contributed by atoms with Crippen molar-refractivity contribution in [3.05, 3.63) is 34.3 Å². The third-order valence-corrected chi connectivity index (χ3v) is 4.35. The zero-order chi connectivity index (χ0) is 17.5. The van der Waals surface area contributed by atoms with Crippen molar-refractivity contribution in [2.24, 2.45) is 0 Å². The van der Waals surface area contributed by atoms with Crippen molar-refractivity contribution in [1.82, 2.24) is 20.4 Å². The van der Waals surface area contributed by atoms with E-state index in [1.807, 2.05) is 11.0 Å². The van der Waals surface area contributed by atoms with Gasteiger partial charge in [0.1, 0.15) is 0 Å². The van der Waals surface area contributed by atoms with Crippen molar-refractivity contribution in [3.63, 3.8) is 0 Å². The zero-order valence-corrected chi connectivity index (χ0v) is 15.1. The van der Waals surface area contributed by atoms with Crippen LogP contribution in [-0.2, 0) is 9.59 Å². The first-order valence-corrected chi connectivity index (χ1v) is 8.53. The number of carbonyl (C=O) groups excluding carboxylic acids is 3. The van der Waals surface area contributed by atoms with Crippen LogP contribution in [0.5, 0.6) is 0 Å². The fourth-order valence-electron chi connectivity index (χ4n) is 2.44. The lowest BCUT2D eigenvalue weighted by molar-refractivity contribution is -0.132. The molecule has 7 nitrogen and oxygen atoms in total. The quantitative estimate of drug-likeness (QED) is 0.737. The number of carbonyl (C=O) groups is 3. The fourth-order valence-corrected chi connectivity index (χ4v) is 2.84. The lowest BCUT2D eigenvalue weighted by Crippen LogP contribution is -2.52. The summed E-state index contributed by atoms with van der Waals surface area (Å²) in [5.74, 6) is -0.420. The Labute approximate surface area is 149 Å². The molecule has 0 spiro atoms. The topological polar surface area (TPSA) is 81.8 Å². The Morgan fingerprint density at radius 3 is 2.50 bits per heavy atom. The molecule has 1 saturated heterocycles. The van der Waals surface area contributed by atoms with Crippen LogP contribution in [0.15, 0.2) is 28.7 Å². The number of nitrogens with zero attached hydrogens (tertiary/aromatic N) is 2. The summed E-state index contributed by atoms with van der Waals surface area (Å²) in [7, 11) is 1.61. The summed E-state index contributed by atoms with van der Waals surface area (Å²) in [5.41, 5.74) is 0.507. The minimum Gasteiger partial charge on any atom is -0.358 e. The Bertz CT molecular complexity index is 615. The van der Waals surface area contributed by atoms with Crippen molar-refractivity contribution < 1.29 is 14.4 Å². The van der Waals surface area contributed by atoms with Crippen LogP contribution in [0.4, 0.5) is 0 Å². The number of hydrogen-bond acceptors (Lipinski definition) is 4. The standard InChI is InChI=1S/C16H21BrN4O3/c1-18-14(22)11-20-5-7-21(8-6-20)15(23)10-19-16(24)12-3-2-4-13(17)9-12/h2-4,9H,5-8,10-11H2,1H3,(H,18,22)(H,19,24). The minimum atomic E-state index is -0.275. The molecule has 0 atom stereocenters. The summed E-state index contributed by atoms with van der Waals surface area (Å²) >= 11 is 3.31. The van der Waals surface area contributed by atoms with Gasteiger partial charge in [0.2, 0.25) is 11.8 Å². The molecular weight excluding hydrogens is 376 g/mol. The molecule has 2 N–H and O–H groups in total. The van der Waals surface area contributed by atoms with Gasteiger partial charge in [0, 0.05) is 43.3 Å². The van der Waals surface area contributed by atoms with E-state index < -0.39 is 0 Å². The van der Waals surface area contributed by atoms with Gasteiger partial charge in [-0.1, -0.05) is 22.0 Å². The number of rotatable bonds is 5. The lowest BCUT2D eigenvalue weighted by Gasteiger charge is -2.34. The van der Waals surface area contributed by atoms with Gasteiger partial charge in [-0.2, -0.15) is 0 Å². The molecule has 1 heterocycles. The number of piperazine rings is 1. The van der Waals surface area contributed by atoms with Gasteiger partial charge in [-0.05, 0) is 18.2 Å². The maximum Gasteiger partial charge on any atom is 0.251 e. The molecule has 2 rings (SSSR count). The predicted molar refractivity (Wildman–Crippen MR) is 93.6 cm³/mol. The van der Waals surface area contributed by atoms with Gasteiger partial charge in [0.25, 0.3) is 5.91 Å². The van der Waals surface area contributed by atoms with E-state index in [2.05, 4.69) is 26.6 Å². The lowest BCUT2D eigenvalue weighted by atomic mass is 10.2. The summed E-state index contributed by atoms with van der Waals surface area (Å²) < 4.78 is 0.814. The van der Waals surface area contributed by atoms with Crippen molar-refractivity contribution in [3.8, 4) is 0 Å². The first kappa shape index (κ1) is 18.4. The second-order valence-corrected chi connectivity index (χ2v) is 6.44. The minimum absolute atomic E-state index is 0.0270. The number of benzene rings is 1. The van der Waals surface area contributed by atoms with Gasteiger partial charge in [0.15, 0.2) is 0 Å². The number of amides is 3. The predicted octanol–water partition coefficient (Wildman–Crippen LogP) is 0.0691. The van der Waals surface area contributed by atoms with E-state index in [0.29, 0.717) is 38.3 Å². The summed E-state index contributed by atoms with van der Waals surface area (Å²) in [4.78, 5) is 39.3. The van der Waals surface area contributed by atoms with Gasteiger partial charge in [-0.15, -0.1) is 0 Å². The smallest absolute Gasteiger partial charge is 0.251 e. The summed E-state index contributed by atoms with van der Waals surface area (Å²) in [6, 6.07) is 7.01. The van der Waals surface area contributed by atoms with Crippen molar-refractivity contribution in [2.75, 3.05) is 46.3 Å². The van der Waals surface area contributed by atoms with E-state index in [9.17, 15) is 14.4 Å². The molecule has 1 aliphatic heterocycles. The van der Waals surface area contributed by atoms with E-state index in [1.54, 1.807) is 30.1 Å². The zero-order valence-electron chi connectivity index (χ0n) is 13.5. The number of likely N-dealkylation sites (N-methyl/N-ethyl adjacent to an activating group) is 1. The highest BCUT2D eigenvalue weighted by atomic mass is 79.9. The normalized spacial score (nSPS) is 15.0. The molecule has 0 bridgehead atoms. The summed E-state index contributed by atoms with van der Waals surface area (Å²) in [6.45, 7) is 2.74. The van der Waals surface area contributed by atoms with E-state index >= 15 is 0 Å². The van der Waals surface area contributed by atoms with Crippen LogP contribution in [-0.4, -0.2) is 73.8 Å². The van der Waals surface area contributed by atoms with Crippen LogP contribution >= 0.6 is 15.9 Å². The molecule has 24 heavy (non-hydrogen) atoms. The van der Waals surface area contributed by atoms with Crippen molar-refractivity contribution >= 4 is 33.7 Å². The van der Waals surface area contributed by atoms with Crippen LogP contribution in [0.2, 0.25) is 0 Å². The SMILES string of the molecule is CNC(=O)CN1CCN(C(=O)CNC(=O)c2cccc(Br)c2)CC1. The monoisotopic (exact) mass is 396 g/mol. The largest absolute Gasteiger partial charge is 0.358 e. The van der Waals surface area contributed by atoms with Crippen LogP contribution in [0.1, 0.15) is 10.4 Å². The van der Waals surface area contributed by atoms with E-state index in [1.165, 1.54) is 0 Å². The van der Waals surface area contributed by atoms with Crippen LogP contribution in [0.3, 0.4) is 0 Å². The molecule has 3 amide bonds. The van der Waals surface area contributed by atoms with Crippen LogP contribution in [0, 0.1) is 0 Å². The first-order valence-electron chi connectivity index (χ1n) is 7.74. The van der Waals surface area contributed by atoms with E-state index in [0.717, 1.165) is 4.47 Å². The second kappa shape index (κ2) is 8.79. The molecule has 130 valence electrons. The van der Waals surface area contributed by atoms with Crippen LogP contribution < -0.4 is 10.6 Å². The van der Waals surface area contributed by atoms with Crippen molar-refractivity contribution in [1.29, 1.82) is 0 Å². The number of halogens is 1. The number of hydrogen-bond donors (Lipinski definition) is 2. The highest BCUT2D eigenvalue weighted by Crippen LogP contribution is 2.11. The molecule has 0 saturated carbocycles. The van der Waals surface area contributed by atoms with Gasteiger partial charge in [0.05, 0.1) is 13.1 Å². The molecule has 1 aromatic carbocycles. The molecule has 8 heteroatoms. The average Bonchev–Trinajstić information content (AvgIpc) is 2.59. The molecule has 0 aromatic heterocycles. The Hall–Kier alpha value is -1.93. The Balaban J connectivity index is 1.75. The maximum absolute atomic E-state index is 12.2. The molecule has 1 aliphatic rings. The summed E-state index contributed by atoms with van der Waals surface area (Å²) in [6.07, 6.45) is 0. The Morgan fingerprint density at radius 2 is 1.88 bits per heavy atom. The van der Waals surface area contributed by atoms with E-state index in [-0.39, 0.29) is 24.3 Å². The van der Waals surface area contributed by atoms with E-state index in [4.69, 9.17) is 0 Å². The first-order chi connectivity index (χ1) is 11.5. The highest BCUT2D eigenvalue weighted by Gasteiger charge is 2.22. The van der Waals surface area contributed by atoms with Gasteiger partial charge < -0.3 is 15.5 Å². The molecule has 0 aliphatic carbocycles. The second-order valence-electron chi connectivity index (χ2n) is 5.52. The summed E-state index contributed by atoms with van der Waals surface area (Å²) in [5, 5.41) is 5.23. The fraction of sp³-hybridized carbons (Fsp3) is 0.438. The van der Waals surface area contributed by atoms with Gasteiger partial charge in [-0.3, -0.25) is 19.3 Å². The molecule has 1 aromatic rings. The van der Waals surface area contributed by atoms with Crippen molar-refractivity contribution in [2.45, 2.75) is 0 Å². The molecule has 0 unspecified atom stereocenters. The highest BCUT2D eigenvalue weighted by molar-refractivity contribution is 9.10. The molecular formula is C16H21BrN4O3. The molecule has 0 radical (unpaired) electrons. The third kappa shape index (κ3) is 5.31. The Morgan fingerprint density at radius 1 is 1.17 bits per heavy atom. The average molecular weight is 397 g/mol. The Kier molecular flexibility index (Phi) is 6.74. The van der Waals surface area contributed by atoms with Gasteiger partial charge in [-0.25, -0.2) is 0 Å². The maximum atomic E-state index is 12.2. The third-order valence-electron chi connectivity index (χ3n) is 3.86.